The molecule has 0 N–H and O–H groups in total. The van der Waals surface area contributed by atoms with Gasteiger partial charge in [0.05, 0.1) is 0 Å². The predicted octanol–water partition coefficient (Wildman–Crippen LogP) is 2.88. The largest absolute Gasteiger partial charge is 0.473 e. The van der Waals surface area contributed by atoms with Gasteiger partial charge in [-0.25, -0.2) is 4.99 Å². The number of nitrogens with zero attached hydrogens (tertiary/aromatic N) is 2. The van der Waals surface area contributed by atoms with Crippen molar-refractivity contribution in [3.63, 3.8) is 0 Å². The van der Waals surface area contributed by atoms with Crippen LogP contribution in [0.3, 0.4) is 0 Å². The fraction of sp³-hybridized carbons (Fsp3) is 0.0625. The van der Waals surface area contributed by atoms with Crippen molar-refractivity contribution in [2.75, 3.05) is 0 Å². The van der Waals surface area contributed by atoms with Gasteiger partial charge in [-0.05, 0) is 36.4 Å². The summed E-state index contributed by atoms with van der Waals surface area (Å²) in [5.74, 6) is 0.728. The number of hydrogen-bond donors (Lipinski definition) is 0. The first kappa shape index (κ1) is 12.3. The van der Waals surface area contributed by atoms with Crippen LogP contribution in [0.25, 0.3) is 0 Å². The normalized spacial score (nSPS) is 19.3. The molecule has 1 atom stereocenters. The monoisotopic (exact) mass is 296 g/mol. The van der Waals surface area contributed by atoms with Gasteiger partial charge in [0.25, 0.3) is 5.91 Å². The van der Waals surface area contributed by atoms with Gasteiger partial charge < -0.3 is 4.74 Å². The van der Waals surface area contributed by atoms with Crippen molar-refractivity contribution >= 4 is 29.1 Å². The lowest BCUT2D eigenvalue weighted by Gasteiger charge is -2.13. The summed E-state index contributed by atoms with van der Waals surface area (Å²) >= 11 is 5.87. The lowest BCUT2D eigenvalue weighted by Crippen LogP contribution is -2.34. The van der Waals surface area contributed by atoms with Gasteiger partial charge in [-0.2, -0.15) is 4.99 Å². The maximum Gasteiger partial charge on any atom is 0.295 e. The first-order valence-electron chi connectivity index (χ1n) is 6.45. The van der Waals surface area contributed by atoms with Crippen molar-refractivity contribution in [2.24, 2.45) is 9.98 Å². The Morgan fingerprint density at radius 2 is 1.76 bits per heavy atom. The molecule has 2 aromatic rings. The molecule has 0 radical (unpaired) electrons. The average Bonchev–Trinajstić information content (AvgIpc) is 2.87. The Labute approximate surface area is 125 Å². The van der Waals surface area contributed by atoms with Crippen LogP contribution in [0.5, 0.6) is 5.75 Å². The van der Waals surface area contributed by atoms with Crippen LogP contribution >= 0.6 is 11.6 Å². The molecule has 0 saturated heterocycles. The number of amides is 1. The molecule has 2 aliphatic rings. The summed E-state index contributed by atoms with van der Waals surface area (Å²) in [5, 5.41) is 0.626. The van der Waals surface area contributed by atoms with E-state index in [0.717, 1.165) is 11.1 Å². The van der Waals surface area contributed by atoms with Crippen LogP contribution in [0.2, 0.25) is 5.02 Å². The molecule has 0 spiro atoms. The summed E-state index contributed by atoms with van der Waals surface area (Å²) in [4.78, 5) is 20.7. The Bertz CT molecular complexity index is 809. The van der Waals surface area contributed by atoms with Crippen LogP contribution in [0, 0.1) is 0 Å². The molecule has 5 heteroatoms. The highest BCUT2D eigenvalue weighted by atomic mass is 35.5. The Morgan fingerprint density at radius 1 is 1.00 bits per heavy atom. The highest BCUT2D eigenvalue weighted by Crippen LogP contribution is 2.31. The molecule has 102 valence electrons. The number of fused-ring (bicyclic) bond motifs is 3. The highest BCUT2D eigenvalue weighted by molar-refractivity contribution is 6.31. The van der Waals surface area contributed by atoms with Crippen LogP contribution in [-0.4, -0.2) is 23.6 Å². The third-order valence-electron chi connectivity index (χ3n) is 3.43. The molecule has 0 bridgehead atoms. The number of amidine groups is 1. The zero-order valence-electron chi connectivity index (χ0n) is 10.8. The number of halogens is 1. The van der Waals surface area contributed by atoms with E-state index in [9.17, 15) is 4.79 Å². The van der Waals surface area contributed by atoms with E-state index in [0.29, 0.717) is 22.3 Å². The maximum atomic E-state index is 12.2. The van der Waals surface area contributed by atoms with Crippen molar-refractivity contribution in [1.82, 2.24) is 0 Å². The second-order valence-corrected chi connectivity index (χ2v) is 5.21. The summed E-state index contributed by atoms with van der Waals surface area (Å²) < 4.78 is 5.62. The number of benzene rings is 2. The van der Waals surface area contributed by atoms with E-state index >= 15 is 0 Å². The first-order chi connectivity index (χ1) is 10.2. The zero-order valence-corrected chi connectivity index (χ0v) is 11.5. The minimum absolute atomic E-state index is 0.332. The third-order valence-corrected chi connectivity index (χ3v) is 3.68. The molecule has 21 heavy (non-hydrogen) atoms. The summed E-state index contributed by atoms with van der Waals surface area (Å²) in [5.41, 5.74) is 2.22. The molecule has 2 heterocycles. The molecular formula is C16H9ClN2O2. The third kappa shape index (κ3) is 1.96. The van der Waals surface area contributed by atoms with Crippen LogP contribution in [0.1, 0.15) is 11.1 Å². The molecule has 2 aromatic carbocycles. The fourth-order valence-electron chi connectivity index (χ4n) is 2.42. The van der Waals surface area contributed by atoms with Gasteiger partial charge in [0.2, 0.25) is 6.10 Å². The second kappa shape index (κ2) is 4.53. The van der Waals surface area contributed by atoms with Crippen molar-refractivity contribution < 1.29 is 9.53 Å². The van der Waals surface area contributed by atoms with Crippen LogP contribution in [-0.2, 0) is 4.79 Å². The maximum absolute atomic E-state index is 12.2. The standard InChI is InChI=1S/C16H9ClN2O2/c17-10-7-5-9(6-8-10)15-18-13-11-3-1-2-4-12(11)21-14(13)16(20)19-15/h1-8,14H. The Balaban J connectivity index is 1.82. The fourth-order valence-corrected chi connectivity index (χ4v) is 2.55. The summed E-state index contributed by atoms with van der Waals surface area (Å²) in [6.07, 6.45) is -0.724. The highest BCUT2D eigenvalue weighted by Gasteiger charge is 2.38. The molecule has 0 aromatic heterocycles. The molecule has 1 amide bonds. The van der Waals surface area contributed by atoms with Gasteiger partial charge in [-0.3, -0.25) is 4.79 Å². The van der Waals surface area contributed by atoms with Crippen LogP contribution in [0.4, 0.5) is 0 Å². The van der Waals surface area contributed by atoms with E-state index in [1.54, 1.807) is 24.3 Å². The van der Waals surface area contributed by atoms with E-state index in [-0.39, 0.29) is 5.91 Å². The summed E-state index contributed by atoms with van der Waals surface area (Å²) in [6.45, 7) is 0. The molecule has 0 fully saturated rings. The lowest BCUT2D eigenvalue weighted by atomic mass is 10.1. The van der Waals surface area contributed by atoms with Crippen LogP contribution in [0.15, 0.2) is 58.5 Å². The van der Waals surface area contributed by atoms with E-state index in [1.807, 2.05) is 24.3 Å². The van der Waals surface area contributed by atoms with Gasteiger partial charge in [-0.15, -0.1) is 0 Å². The minimum atomic E-state index is -0.724. The number of carbonyl (C=O) groups excluding carboxylic acids is 1. The lowest BCUT2D eigenvalue weighted by molar-refractivity contribution is -0.121. The van der Waals surface area contributed by atoms with Crippen LogP contribution < -0.4 is 4.74 Å². The topological polar surface area (TPSA) is 51.0 Å². The number of aliphatic imine (C=N–C) groups is 2. The number of rotatable bonds is 1. The molecule has 0 saturated carbocycles. The first-order valence-corrected chi connectivity index (χ1v) is 6.83. The van der Waals surface area contributed by atoms with Gasteiger partial charge in [0.15, 0.2) is 5.84 Å². The van der Waals surface area contributed by atoms with E-state index < -0.39 is 6.10 Å². The van der Waals surface area contributed by atoms with Gasteiger partial charge in [0, 0.05) is 16.1 Å². The Kier molecular flexibility index (Phi) is 2.65. The minimum Gasteiger partial charge on any atom is -0.473 e. The summed E-state index contributed by atoms with van der Waals surface area (Å²) in [7, 11) is 0. The number of hydrogen-bond acceptors (Lipinski definition) is 3. The average molecular weight is 297 g/mol. The summed E-state index contributed by atoms with van der Waals surface area (Å²) in [6, 6.07) is 14.6. The molecule has 1 unspecified atom stereocenters. The quantitative estimate of drug-likeness (QED) is 0.812. The molecular weight excluding hydrogens is 288 g/mol. The van der Waals surface area contributed by atoms with Crippen molar-refractivity contribution in [3.05, 3.63) is 64.7 Å². The Morgan fingerprint density at radius 3 is 2.57 bits per heavy atom. The van der Waals surface area contributed by atoms with Crippen molar-refractivity contribution in [2.45, 2.75) is 6.10 Å². The predicted molar refractivity (Wildman–Crippen MR) is 80.4 cm³/mol. The van der Waals surface area contributed by atoms with E-state index in [2.05, 4.69) is 9.98 Å². The second-order valence-electron chi connectivity index (χ2n) is 4.77. The molecule has 2 aliphatic heterocycles. The number of carbonyl (C=O) groups is 1. The number of ether oxygens (including phenoxy) is 1. The smallest absolute Gasteiger partial charge is 0.295 e. The zero-order chi connectivity index (χ0) is 14.4. The van der Waals surface area contributed by atoms with Gasteiger partial charge >= 0.3 is 0 Å². The van der Waals surface area contributed by atoms with Crippen molar-refractivity contribution in [3.8, 4) is 5.75 Å². The van der Waals surface area contributed by atoms with E-state index in [1.165, 1.54) is 0 Å². The van der Waals surface area contributed by atoms with Gasteiger partial charge in [-0.1, -0.05) is 23.7 Å². The van der Waals surface area contributed by atoms with Gasteiger partial charge in [0.1, 0.15) is 11.5 Å². The SMILES string of the molecule is O=C1N=C(c2ccc(Cl)cc2)N=C2c3ccccc3OC12. The molecule has 4 rings (SSSR count). The van der Waals surface area contributed by atoms with E-state index in [4.69, 9.17) is 16.3 Å². The van der Waals surface area contributed by atoms with Crippen molar-refractivity contribution in [1.29, 1.82) is 0 Å². The molecule has 0 aliphatic carbocycles. The molecule has 4 nitrogen and oxygen atoms in total. The number of para-hydroxylation sites is 1. The Hall–Kier alpha value is -2.46.